The van der Waals surface area contributed by atoms with Gasteiger partial charge in [-0.05, 0) is 27.7 Å². The van der Waals surface area contributed by atoms with E-state index in [4.69, 9.17) is 0 Å². The van der Waals surface area contributed by atoms with Crippen LogP contribution in [-0.2, 0) is 0 Å². The summed E-state index contributed by atoms with van der Waals surface area (Å²) in [6.45, 7) is 15.3. The van der Waals surface area contributed by atoms with Gasteiger partial charge in [-0.25, -0.2) is 4.58 Å². The second kappa shape index (κ2) is 2.70. The van der Waals surface area contributed by atoms with E-state index in [2.05, 4.69) is 53.0 Å². The highest BCUT2D eigenvalue weighted by Crippen LogP contribution is 2.62. The minimum Gasteiger partial charge on any atom is -0.239 e. The molecule has 0 saturated heterocycles. The van der Waals surface area contributed by atoms with Crippen LogP contribution in [0.1, 0.15) is 41.0 Å². The van der Waals surface area contributed by atoms with E-state index in [1.165, 1.54) is 17.6 Å². The first kappa shape index (κ1) is 10.5. The van der Waals surface area contributed by atoms with Crippen molar-refractivity contribution in [3.8, 4) is 0 Å². The highest BCUT2D eigenvalue weighted by molar-refractivity contribution is 5.33. The summed E-state index contributed by atoms with van der Waals surface area (Å²) < 4.78 is 2.11. The molecule has 13 heavy (non-hydrogen) atoms. The monoisotopic (exact) mass is 180 g/mol. The molecule has 2 atom stereocenters. The first-order valence-electron chi connectivity index (χ1n) is 4.94. The van der Waals surface area contributed by atoms with E-state index in [1.54, 1.807) is 0 Å². The smallest absolute Gasteiger partial charge is 0.169 e. The number of nitrogens with zero attached hydrogens (tertiary/aromatic N) is 1. The van der Waals surface area contributed by atoms with Gasteiger partial charge in [-0.2, -0.15) is 0 Å². The van der Waals surface area contributed by atoms with E-state index in [0.29, 0.717) is 5.41 Å². The Labute approximate surface area is 82.2 Å². The van der Waals surface area contributed by atoms with Gasteiger partial charge in [0, 0.05) is 13.3 Å². The molecule has 0 spiro atoms. The SMILES string of the molecule is C=[N+](C)C1(C)CC1(C)C(C)=C(C)C. The molecule has 0 heterocycles. The van der Waals surface area contributed by atoms with Crippen LogP contribution in [0.5, 0.6) is 0 Å². The van der Waals surface area contributed by atoms with Gasteiger partial charge in [0.2, 0.25) is 0 Å². The Morgan fingerprint density at radius 2 is 1.69 bits per heavy atom. The molecule has 0 N–H and O–H groups in total. The van der Waals surface area contributed by atoms with E-state index in [0.717, 1.165) is 0 Å². The Bertz CT molecular complexity index is 283. The maximum Gasteiger partial charge on any atom is 0.169 e. The second-order valence-electron chi connectivity index (χ2n) is 5.11. The van der Waals surface area contributed by atoms with E-state index >= 15 is 0 Å². The molecule has 1 aliphatic rings. The average molecular weight is 180 g/mol. The molecule has 0 aromatic heterocycles. The molecule has 1 saturated carbocycles. The summed E-state index contributed by atoms with van der Waals surface area (Å²) in [4.78, 5) is 0. The molecular formula is C12H22N+. The fourth-order valence-corrected chi connectivity index (χ4v) is 2.29. The predicted octanol–water partition coefficient (Wildman–Crippen LogP) is 2.85. The summed E-state index contributed by atoms with van der Waals surface area (Å²) >= 11 is 0. The van der Waals surface area contributed by atoms with Crippen molar-refractivity contribution < 1.29 is 4.58 Å². The van der Waals surface area contributed by atoms with Crippen molar-refractivity contribution >= 4 is 6.72 Å². The standard InChI is InChI=1S/C12H22N/c1-9(2)10(3)11(4)8-12(11,5)13(6)7/h6,8H2,1-5,7H3/q+1. The maximum atomic E-state index is 4.02. The molecule has 1 rings (SSSR count). The molecule has 0 aliphatic heterocycles. The first-order valence-corrected chi connectivity index (χ1v) is 4.94. The topological polar surface area (TPSA) is 3.01 Å². The maximum absolute atomic E-state index is 4.02. The first-order chi connectivity index (χ1) is 5.75. The molecule has 1 fully saturated rings. The van der Waals surface area contributed by atoms with Crippen LogP contribution in [0, 0.1) is 5.41 Å². The van der Waals surface area contributed by atoms with Gasteiger partial charge in [0.05, 0.1) is 5.41 Å². The number of hydrogen-bond acceptors (Lipinski definition) is 0. The van der Waals surface area contributed by atoms with Gasteiger partial charge in [0.15, 0.2) is 5.54 Å². The Hall–Kier alpha value is -0.590. The molecule has 1 aliphatic carbocycles. The number of allylic oxidation sites excluding steroid dienone is 1. The lowest BCUT2D eigenvalue weighted by Gasteiger charge is -2.17. The molecule has 74 valence electrons. The summed E-state index contributed by atoms with van der Waals surface area (Å²) in [5.41, 5.74) is 3.61. The third-order valence-electron chi connectivity index (χ3n) is 4.18. The Kier molecular flexibility index (Phi) is 2.18. The Balaban J connectivity index is 3.00. The van der Waals surface area contributed by atoms with E-state index in [1.807, 2.05) is 0 Å². The minimum absolute atomic E-state index is 0.272. The molecule has 2 unspecified atom stereocenters. The molecule has 0 aromatic carbocycles. The molecule has 0 amide bonds. The third-order valence-corrected chi connectivity index (χ3v) is 4.18. The van der Waals surface area contributed by atoms with Crippen LogP contribution in [-0.4, -0.2) is 23.9 Å². The lowest BCUT2D eigenvalue weighted by Crippen LogP contribution is -2.27. The van der Waals surface area contributed by atoms with Gasteiger partial charge in [0.25, 0.3) is 0 Å². The van der Waals surface area contributed by atoms with Crippen molar-refractivity contribution in [3.63, 3.8) is 0 Å². The lowest BCUT2D eigenvalue weighted by molar-refractivity contribution is -0.548. The fourth-order valence-electron chi connectivity index (χ4n) is 2.29. The summed E-state index contributed by atoms with van der Waals surface area (Å²) in [7, 11) is 2.07. The summed E-state index contributed by atoms with van der Waals surface area (Å²) in [6.07, 6.45) is 1.23. The Morgan fingerprint density at radius 3 is 1.92 bits per heavy atom. The van der Waals surface area contributed by atoms with Crippen molar-refractivity contribution in [1.82, 2.24) is 0 Å². The van der Waals surface area contributed by atoms with Gasteiger partial charge in [-0.3, -0.25) is 0 Å². The fraction of sp³-hybridized carbons (Fsp3) is 0.750. The van der Waals surface area contributed by atoms with Gasteiger partial charge >= 0.3 is 0 Å². The van der Waals surface area contributed by atoms with Crippen molar-refractivity contribution in [2.75, 3.05) is 7.05 Å². The zero-order valence-electron chi connectivity index (χ0n) is 9.86. The quantitative estimate of drug-likeness (QED) is 0.349. The zero-order valence-corrected chi connectivity index (χ0v) is 9.86. The highest BCUT2D eigenvalue weighted by Gasteiger charge is 2.69. The van der Waals surface area contributed by atoms with Crippen molar-refractivity contribution in [2.24, 2.45) is 5.41 Å². The van der Waals surface area contributed by atoms with Gasteiger partial charge < -0.3 is 0 Å². The van der Waals surface area contributed by atoms with Gasteiger partial charge in [-0.15, -0.1) is 0 Å². The highest BCUT2D eigenvalue weighted by atomic mass is 15.1. The van der Waals surface area contributed by atoms with E-state index < -0.39 is 0 Å². The molecule has 1 heteroatoms. The minimum atomic E-state index is 0.272. The molecule has 1 nitrogen and oxygen atoms in total. The summed E-state index contributed by atoms with van der Waals surface area (Å²) in [5.74, 6) is 0. The van der Waals surface area contributed by atoms with Crippen molar-refractivity contribution in [2.45, 2.75) is 46.6 Å². The molecule has 0 radical (unpaired) electrons. The van der Waals surface area contributed by atoms with Crippen LogP contribution >= 0.6 is 0 Å². The Morgan fingerprint density at radius 1 is 1.23 bits per heavy atom. The summed E-state index contributed by atoms with van der Waals surface area (Å²) in [6, 6.07) is 0. The van der Waals surface area contributed by atoms with Crippen LogP contribution in [0.2, 0.25) is 0 Å². The number of hydrogen-bond donors (Lipinski definition) is 0. The third kappa shape index (κ3) is 1.25. The lowest BCUT2D eigenvalue weighted by atomic mass is 9.91. The normalized spacial score (nSPS) is 37.1. The predicted molar refractivity (Wildman–Crippen MR) is 58.5 cm³/mol. The van der Waals surface area contributed by atoms with Gasteiger partial charge in [-0.1, -0.05) is 11.1 Å². The van der Waals surface area contributed by atoms with Gasteiger partial charge in [0.1, 0.15) is 13.8 Å². The molecule has 0 aromatic rings. The van der Waals surface area contributed by atoms with Crippen LogP contribution in [0.25, 0.3) is 0 Å². The van der Waals surface area contributed by atoms with Crippen LogP contribution in [0.3, 0.4) is 0 Å². The van der Waals surface area contributed by atoms with E-state index in [9.17, 15) is 0 Å². The second-order valence-corrected chi connectivity index (χ2v) is 5.11. The summed E-state index contributed by atoms with van der Waals surface area (Å²) in [5, 5.41) is 0. The van der Waals surface area contributed by atoms with Crippen molar-refractivity contribution in [3.05, 3.63) is 11.1 Å². The van der Waals surface area contributed by atoms with Crippen LogP contribution < -0.4 is 0 Å². The zero-order chi connectivity index (χ0) is 10.4. The number of rotatable bonds is 2. The molecular weight excluding hydrogens is 158 g/mol. The average Bonchev–Trinajstić information content (AvgIpc) is 2.56. The largest absolute Gasteiger partial charge is 0.239 e. The van der Waals surface area contributed by atoms with Crippen molar-refractivity contribution in [1.29, 1.82) is 0 Å². The van der Waals surface area contributed by atoms with E-state index in [-0.39, 0.29) is 5.54 Å². The van der Waals surface area contributed by atoms with Crippen LogP contribution in [0.15, 0.2) is 11.1 Å². The van der Waals surface area contributed by atoms with Crippen LogP contribution in [0.4, 0.5) is 0 Å². The molecule has 0 bridgehead atoms.